The summed E-state index contributed by atoms with van der Waals surface area (Å²) in [7, 11) is 0.609. The second-order valence-electron chi connectivity index (χ2n) is 19.4. The van der Waals surface area contributed by atoms with E-state index in [0.717, 1.165) is 117 Å². The Morgan fingerprint density at radius 2 is 1.06 bits per heavy atom. The number of hydrogen-bond acceptors (Lipinski definition) is 5. The zero-order valence-corrected chi connectivity index (χ0v) is 37.0. The highest BCUT2D eigenvalue weighted by Gasteiger charge is 2.38. The molecule has 64 heavy (non-hydrogen) atoms. The molecule has 5 nitrogen and oxygen atoms in total. The van der Waals surface area contributed by atoms with E-state index in [9.17, 15) is 0 Å². The van der Waals surface area contributed by atoms with E-state index < -0.39 is 0 Å². The van der Waals surface area contributed by atoms with Crippen molar-refractivity contribution in [3.8, 4) is 22.3 Å². The maximum atomic E-state index is 7.08. The molecule has 0 radical (unpaired) electrons. The molecule has 310 valence electrons. The summed E-state index contributed by atoms with van der Waals surface area (Å²) < 4.78 is 21.2. The molecule has 0 amide bonds. The first-order chi connectivity index (χ1) is 31.0. The summed E-state index contributed by atoms with van der Waals surface area (Å²) in [6, 6.07) is 58.4. The zero-order valence-electron chi connectivity index (χ0n) is 37.0. The molecule has 4 heterocycles. The number of hydrogen-bond donors (Lipinski definition) is 1. The SMILES string of the molecule is CC(C)(C)c1ccc(Nc2ccc3c(oc4ccccc43)c2-c2cc3c(oc4ccccc43)c3c2Bc2c(oc4ccccc24)N3c2ccc(C(C)(C)C)cc2-c2ccccc2)cc1. The van der Waals surface area contributed by atoms with E-state index in [-0.39, 0.29) is 10.8 Å². The Morgan fingerprint density at radius 1 is 0.469 bits per heavy atom. The summed E-state index contributed by atoms with van der Waals surface area (Å²) >= 11 is 0. The maximum absolute atomic E-state index is 7.08. The van der Waals surface area contributed by atoms with Crippen molar-refractivity contribution >= 4 is 102 Å². The van der Waals surface area contributed by atoms with Crippen LogP contribution in [-0.2, 0) is 10.8 Å². The second-order valence-corrected chi connectivity index (χ2v) is 19.4. The molecule has 3 aromatic heterocycles. The van der Waals surface area contributed by atoms with Crippen molar-refractivity contribution in [1.82, 2.24) is 0 Å². The Bertz CT molecular complexity index is 3640. The van der Waals surface area contributed by atoms with Gasteiger partial charge < -0.3 is 18.6 Å². The van der Waals surface area contributed by atoms with Crippen molar-refractivity contribution in [2.24, 2.45) is 0 Å². The molecule has 6 heteroatoms. The summed E-state index contributed by atoms with van der Waals surface area (Å²) in [6.07, 6.45) is 0. The molecule has 0 fully saturated rings. The van der Waals surface area contributed by atoms with Crippen LogP contribution in [0, 0.1) is 0 Å². The molecule has 0 unspecified atom stereocenters. The Labute approximate surface area is 373 Å². The number of rotatable bonds is 5. The summed E-state index contributed by atoms with van der Waals surface area (Å²) in [5.41, 5.74) is 17.2. The monoisotopic (exact) mass is 830 g/mol. The fourth-order valence-corrected chi connectivity index (χ4v) is 9.88. The third-order valence-electron chi connectivity index (χ3n) is 13.2. The zero-order chi connectivity index (χ0) is 43.5. The standard InChI is InChI=1S/C58H47BN2O3/c1-57(2,3)35-24-27-37(28-25-35)60-45-30-29-40-38-18-10-13-21-47(38)62-54(40)50(45)44-33-43-39-19-11-14-22-48(39)63-55(43)53-51(44)59-52-41-20-12-15-23-49(41)64-56(52)61(53)46-31-26-36(58(4,5)6)32-42(46)34-16-8-7-9-17-34/h7-33,59-60H,1-6H3. The lowest BCUT2D eigenvalue weighted by atomic mass is 9.58. The average molecular weight is 831 g/mol. The normalized spacial score (nSPS) is 12.9. The molecule has 0 atom stereocenters. The van der Waals surface area contributed by atoms with Crippen LogP contribution in [-0.4, -0.2) is 7.28 Å². The van der Waals surface area contributed by atoms with Crippen LogP contribution in [0.3, 0.4) is 0 Å². The number of nitrogens with one attached hydrogen (secondary N) is 1. The average Bonchev–Trinajstić information content (AvgIpc) is 3.99. The van der Waals surface area contributed by atoms with Gasteiger partial charge >= 0.3 is 0 Å². The molecule has 1 aliphatic rings. The molecule has 0 saturated heterocycles. The van der Waals surface area contributed by atoms with Gasteiger partial charge in [0.25, 0.3) is 0 Å². The Balaban J connectivity index is 1.22. The van der Waals surface area contributed by atoms with E-state index in [1.165, 1.54) is 11.1 Å². The molecule has 1 aliphatic heterocycles. The van der Waals surface area contributed by atoms with Crippen LogP contribution in [0.2, 0.25) is 0 Å². The highest BCUT2D eigenvalue weighted by molar-refractivity contribution is 6.76. The lowest BCUT2D eigenvalue weighted by Crippen LogP contribution is -2.40. The number of nitrogens with zero attached hydrogens (tertiary/aromatic N) is 1. The van der Waals surface area contributed by atoms with Gasteiger partial charge in [0.15, 0.2) is 11.5 Å². The minimum absolute atomic E-state index is 0.0359. The largest absolute Gasteiger partial charge is 0.455 e. The van der Waals surface area contributed by atoms with E-state index in [1.807, 2.05) is 12.1 Å². The van der Waals surface area contributed by atoms with E-state index in [4.69, 9.17) is 13.3 Å². The van der Waals surface area contributed by atoms with Crippen molar-refractivity contribution in [2.45, 2.75) is 52.4 Å². The van der Waals surface area contributed by atoms with Crippen LogP contribution in [0.5, 0.6) is 0 Å². The number of anilines is 5. The van der Waals surface area contributed by atoms with Crippen molar-refractivity contribution in [1.29, 1.82) is 0 Å². The van der Waals surface area contributed by atoms with E-state index >= 15 is 0 Å². The third kappa shape index (κ3) is 6.00. The molecule has 8 aromatic carbocycles. The second kappa shape index (κ2) is 14.0. The van der Waals surface area contributed by atoms with Crippen LogP contribution >= 0.6 is 0 Å². The van der Waals surface area contributed by atoms with Gasteiger partial charge in [-0.3, -0.25) is 4.90 Å². The molecule has 0 spiro atoms. The highest BCUT2D eigenvalue weighted by atomic mass is 16.4. The predicted molar refractivity (Wildman–Crippen MR) is 270 cm³/mol. The fourth-order valence-electron chi connectivity index (χ4n) is 9.88. The van der Waals surface area contributed by atoms with Gasteiger partial charge in [-0.25, -0.2) is 0 Å². The Morgan fingerprint density at radius 3 is 1.75 bits per heavy atom. The first kappa shape index (κ1) is 38.3. The van der Waals surface area contributed by atoms with Gasteiger partial charge in [-0.2, -0.15) is 0 Å². The van der Waals surface area contributed by atoms with Crippen LogP contribution < -0.4 is 21.1 Å². The van der Waals surface area contributed by atoms with Gasteiger partial charge in [-0.1, -0.05) is 145 Å². The predicted octanol–water partition coefficient (Wildman–Crippen LogP) is 15.1. The van der Waals surface area contributed by atoms with E-state index in [0.29, 0.717) is 7.28 Å². The van der Waals surface area contributed by atoms with Gasteiger partial charge in [-0.15, -0.1) is 0 Å². The summed E-state index contributed by atoms with van der Waals surface area (Å²) in [4.78, 5) is 2.36. The number of furan rings is 3. The van der Waals surface area contributed by atoms with E-state index in [2.05, 4.69) is 203 Å². The topological polar surface area (TPSA) is 54.7 Å². The van der Waals surface area contributed by atoms with Gasteiger partial charge in [0.2, 0.25) is 7.28 Å². The van der Waals surface area contributed by atoms with Crippen LogP contribution in [0.15, 0.2) is 177 Å². The fraction of sp³-hybridized carbons (Fsp3) is 0.138. The minimum atomic E-state index is -0.0761. The van der Waals surface area contributed by atoms with Crippen LogP contribution in [0.1, 0.15) is 52.7 Å². The molecule has 0 saturated carbocycles. The van der Waals surface area contributed by atoms with Gasteiger partial charge in [0, 0.05) is 43.7 Å². The quantitative estimate of drug-likeness (QED) is 0.175. The lowest BCUT2D eigenvalue weighted by molar-refractivity contribution is 0.590. The smallest absolute Gasteiger partial charge is 0.204 e. The number of para-hydroxylation sites is 3. The highest BCUT2D eigenvalue weighted by Crippen LogP contribution is 2.51. The first-order valence-corrected chi connectivity index (χ1v) is 22.3. The molecule has 12 rings (SSSR count). The van der Waals surface area contributed by atoms with Crippen molar-refractivity contribution in [2.75, 3.05) is 10.2 Å². The molecule has 0 aliphatic carbocycles. The molecular formula is C58H47BN2O3. The van der Waals surface area contributed by atoms with Gasteiger partial charge in [-0.05, 0) is 105 Å². The Hall–Kier alpha value is -7.44. The third-order valence-corrected chi connectivity index (χ3v) is 13.2. The van der Waals surface area contributed by atoms with Crippen molar-refractivity contribution < 1.29 is 13.3 Å². The first-order valence-electron chi connectivity index (χ1n) is 22.3. The summed E-state index contributed by atoms with van der Waals surface area (Å²) in [5, 5.41) is 9.21. The number of fused-ring (bicyclic) bond motifs is 11. The Kier molecular flexibility index (Phi) is 8.39. The van der Waals surface area contributed by atoms with Crippen molar-refractivity contribution in [3.63, 3.8) is 0 Å². The molecule has 11 aromatic rings. The van der Waals surface area contributed by atoms with Gasteiger partial charge in [0.05, 0.1) is 17.1 Å². The minimum Gasteiger partial charge on any atom is -0.455 e. The molecular weight excluding hydrogens is 783 g/mol. The molecule has 0 bridgehead atoms. The van der Waals surface area contributed by atoms with E-state index in [1.54, 1.807) is 0 Å². The lowest BCUT2D eigenvalue weighted by Gasteiger charge is -2.33. The van der Waals surface area contributed by atoms with Crippen LogP contribution in [0.4, 0.5) is 28.6 Å². The number of benzene rings is 8. The van der Waals surface area contributed by atoms with Crippen molar-refractivity contribution in [3.05, 3.63) is 175 Å². The van der Waals surface area contributed by atoms with Gasteiger partial charge in [0.1, 0.15) is 22.3 Å². The van der Waals surface area contributed by atoms with Crippen LogP contribution in [0.25, 0.3) is 77.1 Å². The maximum Gasteiger partial charge on any atom is 0.204 e. The summed E-state index contributed by atoms with van der Waals surface area (Å²) in [5.74, 6) is 0.799. The molecule has 1 N–H and O–H groups in total. The summed E-state index contributed by atoms with van der Waals surface area (Å²) in [6.45, 7) is 13.6.